The molecule has 0 aliphatic heterocycles. The first-order valence-corrected chi connectivity index (χ1v) is 3.58. The van der Waals surface area contributed by atoms with Gasteiger partial charge in [-0.05, 0) is 0 Å². The molecule has 1 aromatic carbocycles. The molecule has 0 aromatic heterocycles. The molecule has 0 amide bonds. The van der Waals surface area contributed by atoms with Gasteiger partial charge in [0, 0.05) is 28.9 Å². The Morgan fingerprint density at radius 1 is 1.00 bits per heavy atom. The number of benzene rings is 1. The third kappa shape index (κ3) is 15.2. The van der Waals surface area contributed by atoms with Crippen molar-refractivity contribution in [3.63, 3.8) is 0 Å². The number of hydrogen-bond donors (Lipinski definition) is 0. The maximum Gasteiger partial charge on any atom is 1.00 e. The Morgan fingerprint density at radius 2 is 1.44 bits per heavy atom. The number of para-hydroxylation sites is 1. The summed E-state index contributed by atoms with van der Waals surface area (Å²) in [6.45, 7) is 13.5. The van der Waals surface area contributed by atoms with Crippen molar-refractivity contribution in [2.45, 2.75) is 0 Å². The molecule has 0 spiro atoms. The monoisotopic (exact) mass is 280 g/mol. The van der Waals surface area contributed by atoms with Crippen LogP contribution in [0.3, 0.4) is 0 Å². The van der Waals surface area contributed by atoms with Crippen molar-refractivity contribution < 1.29 is 59.7 Å². The first kappa shape index (κ1) is 30.3. The molecule has 0 N–H and O–H groups in total. The van der Waals surface area contributed by atoms with Gasteiger partial charge in [-0.3, -0.25) is 0 Å². The van der Waals surface area contributed by atoms with Gasteiger partial charge in [0.2, 0.25) is 0 Å². The van der Waals surface area contributed by atoms with Gasteiger partial charge in [0.25, 0.3) is 0 Å². The van der Waals surface area contributed by atoms with Gasteiger partial charge in [-0.25, -0.2) is 0 Å². The summed E-state index contributed by atoms with van der Waals surface area (Å²) in [7, 11) is 3.19. The normalized spacial score (nSPS) is 5.33. The van der Waals surface area contributed by atoms with Crippen molar-refractivity contribution in [1.82, 2.24) is 0 Å². The molecule has 0 aliphatic carbocycles. The van der Waals surface area contributed by atoms with Crippen molar-refractivity contribution in [1.29, 1.82) is 0 Å². The standard InChI is InChI=1S/C8H9O2.3CO.Cr.Li/c1-9-7-5-3-4-6-8(7)10-2;3*1-2;;/h3-5H,1-2H3;;;;;/q-1;;;;;+1. The van der Waals surface area contributed by atoms with Crippen molar-refractivity contribution in [2.75, 3.05) is 14.2 Å². The fourth-order valence-electron chi connectivity index (χ4n) is 0.726. The number of rotatable bonds is 2. The number of ether oxygens (including phenoxy) is 2. The van der Waals surface area contributed by atoms with E-state index in [1.807, 2.05) is 12.1 Å². The van der Waals surface area contributed by atoms with Crippen LogP contribution in [0.5, 0.6) is 11.5 Å². The van der Waals surface area contributed by atoms with Gasteiger partial charge in [0.15, 0.2) is 0 Å². The average Bonchev–Trinajstić information content (AvgIpc) is 2.45. The molecule has 90 valence electrons. The molecule has 0 heterocycles. The van der Waals surface area contributed by atoms with Crippen molar-refractivity contribution in [3.8, 4) is 11.5 Å². The second-order valence-electron chi connectivity index (χ2n) is 1.77. The summed E-state index contributed by atoms with van der Waals surface area (Å²) in [6, 6.07) is 8.35. The van der Waals surface area contributed by atoms with Gasteiger partial charge < -0.3 is 9.47 Å². The minimum Gasteiger partial charge on any atom is 0 e. The molecule has 0 fully saturated rings. The van der Waals surface area contributed by atoms with Crippen LogP contribution in [0.2, 0.25) is 0 Å². The molecule has 0 saturated carbocycles. The van der Waals surface area contributed by atoms with Crippen LogP contribution in [0.1, 0.15) is 0 Å². The second-order valence-corrected chi connectivity index (χ2v) is 1.77. The van der Waals surface area contributed by atoms with Crippen molar-refractivity contribution >= 4 is 0 Å². The first-order chi connectivity index (χ1) is 7.88. The zero-order chi connectivity index (χ0) is 13.4. The Morgan fingerprint density at radius 3 is 1.72 bits per heavy atom. The minimum absolute atomic E-state index is 0. The molecule has 0 saturated heterocycles. The zero-order valence-electron chi connectivity index (χ0n) is 10.2. The number of methoxy groups -OCH3 is 2. The largest absolute Gasteiger partial charge is 1.00 e. The molecule has 0 aliphatic rings. The molecule has 0 atom stereocenters. The summed E-state index contributed by atoms with van der Waals surface area (Å²) in [5.41, 5.74) is 0. The third-order valence-corrected chi connectivity index (χ3v) is 1.21. The molecule has 0 unspecified atom stereocenters. The molecule has 18 heavy (non-hydrogen) atoms. The van der Waals surface area contributed by atoms with E-state index >= 15 is 0 Å². The Hall–Kier alpha value is -0.830. The second kappa shape index (κ2) is 29.8. The Labute approximate surface area is 129 Å². The predicted molar refractivity (Wildman–Crippen MR) is 50.2 cm³/mol. The van der Waals surface area contributed by atoms with Crippen molar-refractivity contribution in [3.05, 3.63) is 44.2 Å². The Balaban J connectivity index is -0.0000000623. The van der Waals surface area contributed by atoms with E-state index < -0.39 is 0 Å². The van der Waals surface area contributed by atoms with Crippen LogP contribution < -0.4 is 28.3 Å². The van der Waals surface area contributed by atoms with E-state index in [4.69, 9.17) is 23.4 Å². The summed E-state index contributed by atoms with van der Waals surface area (Å²) >= 11 is 0. The maximum absolute atomic E-state index is 7.50. The Bertz CT molecular complexity index is 287. The minimum atomic E-state index is 0. The smallest absolute Gasteiger partial charge is 0 e. The maximum atomic E-state index is 7.50. The van der Waals surface area contributed by atoms with Crippen LogP contribution in [-0.4, -0.2) is 14.2 Å². The van der Waals surface area contributed by atoms with Gasteiger partial charge in [-0.2, -0.15) is 12.1 Å². The van der Waals surface area contributed by atoms with Crippen LogP contribution in [0.4, 0.5) is 0 Å². The molecule has 0 bridgehead atoms. The molecule has 1 aromatic rings. The van der Waals surface area contributed by atoms with Crippen LogP contribution in [0, 0.1) is 26.0 Å². The first-order valence-electron chi connectivity index (χ1n) is 3.58. The summed E-state index contributed by atoms with van der Waals surface area (Å²) in [5.74, 6) is 1.36. The fraction of sp³-hybridized carbons (Fsp3) is 0.182. The molecular weight excluding hydrogens is 271 g/mol. The van der Waals surface area contributed by atoms with E-state index in [0.717, 1.165) is 0 Å². The molecule has 1 rings (SSSR count). The van der Waals surface area contributed by atoms with Crippen molar-refractivity contribution in [2.24, 2.45) is 0 Å². The van der Waals surface area contributed by atoms with E-state index in [2.05, 4.69) is 26.0 Å². The van der Waals surface area contributed by atoms with Gasteiger partial charge in [-0.15, -0.1) is 12.1 Å². The molecule has 5 nitrogen and oxygen atoms in total. The van der Waals surface area contributed by atoms with Crippen LogP contribution in [0.25, 0.3) is 0 Å². The summed E-state index contributed by atoms with van der Waals surface area (Å²) in [6.07, 6.45) is 0. The zero-order valence-corrected chi connectivity index (χ0v) is 11.5. The van der Waals surface area contributed by atoms with Gasteiger partial charge in [0.05, 0.1) is 14.2 Å². The van der Waals surface area contributed by atoms with E-state index in [0.29, 0.717) is 11.5 Å². The van der Waals surface area contributed by atoms with Crippen LogP contribution >= 0.6 is 0 Å². The molecular formula is C11H9CrLiO5. The fourth-order valence-corrected chi connectivity index (χ4v) is 0.726. The average molecular weight is 280 g/mol. The van der Waals surface area contributed by atoms with Gasteiger partial charge in [-0.1, -0.05) is 0 Å². The quantitative estimate of drug-likeness (QED) is 0.371. The van der Waals surface area contributed by atoms with E-state index in [9.17, 15) is 0 Å². The van der Waals surface area contributed by atoms with Gasteiger partial charge >= 0.3 is 52.8 Å². The third-order valence-electron chi connectivity index (χ3n) is 1.21. The molecule has 7 heteroatoms. The van der Waals surface area contributed by atoms with E-state index in [-0.39, 0.29) is 36.2 Å². The SMILES string of the molecule is COc1[c-]cccc1OC.[C-]#[O+].[C-]#[O+].[C-]#[O+].[Cr].[Li+]. The van der Waals surface area contributed by atoms with E-state index in [1.54, 1.807) is 20.3 Å². The van der Waals surface area contributed by atoms with Crippen LogP contribution in [-0.2, 0) is 31.3 Å². The van der Waals surface area contributed by atoms with Gasteiger partial charge in [0.1, 0.15) is 0 Å². The van der Waals surface area contributed by atoms with Crippen LogP contribution in [0.15, 0.2) is 18.2 Å². The Kier molecular flexibility index (Phi) is 50.2. The summed E-state index contributed by atoms with van der Waals surface area (Å²) in [4.78, 5) is 0. The summed E-state index contributed by atoms with van der Waals surface area (Å²) < 4.78 is 32.4. The topological polar surface area (TPSA) is 78.2 Å². The predicted octanol–water partition coefficient (Wildman–Crippen LogP) is -1.61. The molecule has 0 radical (unpaired) electrons. The summed E-state index contributed by atoms with van der Waals surface area (Å²) in [5, 5.41) is 0. The van der Waals surface area contributed by atoms with E-state index in [1.165, 1.54) is 0 Å². The number of hydrogen-bond acceptors (Lipinski definition) is 2.